The summed E-state index contributed by atoms with van der Waals surface area (Å²) in [7, 11) is 0. The average Bonchev–Trinajstić information content (AvgIpc) is 3.11. The molecule has 0 N–H and O–H groups in total. The Kier molecular flexibility index (Phi) is 4.41. The fraction of sp³-hybridized carbons (Fsp3) is 0.105. The van der Waals surface area contributed by atoms with E-state index in [0.29, 0.717) is 22.0 Å². The van der Waals surface area contributed by atoms with Crippen LogP contribution in [0.2, 0.25) is 5.15 Å². The zero-order valence-corrected chi connectivity index (χ0v) is 14.4. The maximum Gasteiger partial charge on any atom is 0.342 e. The molecular weight excluding hydrogens is 354 g/mol. The molecule has 0 spiro atoms. The maximum atomic E-state index is 12.3. The number of carbonyl (C=O) groups is 1. The van der Waals surface area contributed by atoms with Gasteiger partial charge in [0, 0.05) is 11.6 Å². The third-order valence-electron chi connectivity index (χ3n) is 3.90. The second-order valence-corrected chi connectivity index (χ2v) is 5.90. The van der Waals surface area contributed by atoms with E-state index in [4.69, 9.17) is 21.1 Å². The Hall–Kier alpha value is -3.12. The Morgan fingerprint density at radius 2 is 1.96 bits per heavy atom. The number of halogens is 1. The lowest BCUT2D eigenvalue weighted by molar-refractivity contribution is 0.0453. The molecule has 6 nitrogen and oxygen atoms in total. The third-order valence-corrected chi connectivity index (χ3v) is 4.19. The van der Waals surface area contributed by atoms with Gasteiger partial charge < -0.3 is 9.47 Å². The van der Waals surface area contributed by atoms with Crippen LogP contribution in [0.3, 0.4) is 0 Å². The van der Waals surface area contributed by atoms with E-state index >= 15 is 0 Å². The number of hydrogen-bond donors (Lipinski definition) is 0. The Balaban J connectivity index is 1.40. The van der Waals surface area contributed by atoms with Crippen LogP contribution in [0.4, 0.5) is 0 Å². The number of nitrogens with zero attached hydrogens (tertiary/aromatic N) is 3. The number of benzene rings is 1. The van der Waals surface area contributed by atoms with Gasteiger partial charge in [-0.25, -0.2) is 9.31 Å². The fourth-order valence-electron chi connectivity index (χ4n) is 2.69. The van der Waals surface area contributed by atoms with Gasteiger partial charge in [-0.2, -0.15) is 5.10 Å². The van der Waals surface area contributed by atoms with Crippen LogP contribution in [0.15, 0.2) is 60.9 Å². The minimum absolute atomic E-state index is 0.118. The first-order valence-corrected chi connectivity index (χ1v) is 8.38. The molecule has 3 heterocycles. The summed E-state index contributed by atoms with van der Waals surface area (Å²) >= 11 is 6.04. The number of aromatic nitrogens is 3. The summed E-state index contributed by atoms with van der Waals surface area (Å²) in [6.07, 6.45) is 3.13. The number of carbonyl (C=O) groups excluding carboxylic acids is 1. The average molecular weight is 368 g/mol. The largest absolute Gasteiger partial charge is 0.489 e. The Morgan fingerprint density at radius 3 is 2.88 bits per heavy atom. The summed E-state index contributed by atoms with van der Waals surface area (Å²) in [5.41, 5.74) is 1.82. The highest BCUT2D eigenvalue weighted by Crippen LogP contribution is 2.23. The van der Waals surface area contributed by atoms with Crippen LogP contribution in [-0.2, 0) is 4.74 Å². The van der Waals surface area contributed by atoms with Gasteiger partial charge in [-0.3, -0.25) is 4.98 Å². The van der Waals surface area contributed by atoms with Crippen LogP contribution >= 0.6 is 11.6 Å². The standard InChI is InChI=1S/C19H14ClN3O3/c20-18-7-3-6-16-14(12-22-23(16)18)19(24)26-11-10-25-17-8-9-21-15-5-2-1-4-13(15)17/h1-9,12H,10-11H2. The van der Waals surface area contributed by atoms with Gasteiger partial charge in [0.05, 0.1) is 17.2 Å². The van der Waals surface area contributed by atoms with E-state index in [1.807, 2.05) is 24.3 Å². The summed E-state index contributed by atoms with van der Waals surface area (Å²) in [4.78, 5) is 16.6. The molecule has 0 aliphatic heterocycles. The number of esters is 1. The molecule has 0 amide bonds. The Labute approximate surface area is 153 Å². The van der Waals surface area contributed by atoms with Gasteiger partial charge in [0.1, 0.15) is 29.7 Å². The van der Waals surface area contributed by atoms with Gasteiger partial charge in [-0.15, -0.1) is 0 Å². The van der Waals surface area contributed by atoms with Crippen LogP contribution in [0.5, 0.6) is 5.75 Å². The molecular formula is C19H14ClN3O3. The van der Waals surface area contributed by atoms with Crippen molar-refractivity contribution in [3.05, 3.63) is 71.6 Å². The number of fused-ring (bicyclic) bond motifs is 2. The molecule has 7 heteroatoms. The van der Waals surface area contributed by atoms with Crippen molar-refractivity contribution in [2.45, 2.75) is 0 Å². The van der Waals surface area contributed by atoms with E-state index in [0.717, 1.165) is 10.9 Å². The monoisotopic (exact) mass is 367 g/mol. The smallest absolute Gasteiger partial charge is 0.342 e. The summed E-state index contributed by atoms with van der Waals surface area (Å²) in [5.74, 6) is 0.236. The van der Waals surface area contributed by atoms with E-state index in [9.17, 15) is 4.79 Å². The number of pyridine rings is 2. The molecule has 0 saturated carbocycles. The molecule has 0 bridgehead atoms. The van der Waals surface area contributed by atoms with Crippen molar-refractivity contribution in [1.29, 1.82) is 0 Å². The molecule has 0 fully saturated rings. The van der Waals surface area contributed by atoms with E-state index in [1.165, 1.54) is 10.7 Å². The lowest BCUT2D eigenvalue weighted by atomic mass is 10.2. The van der Waals surface area contributed by atoms with Gasteiger partial charge in [0.15, 0.2) is 0 Å². The zero-order chi connectivity index (χ0) is 17.9. The first-order valence-electron chi connectivity index (χ1n) is 8.00. The molecule has 0 saturated heterocycles. The lowest BCUT2D eigenvalue weighted by Gasteiger charge is -2.09. The Bertz CT molecular complexity index is 1090. The van der Waals surface area contributed by atoms with Gasteiger partial charge in [0.25, 0.3) is 0 Å². The lowest BCUT2D eigenvalue weighted by Crippen LogP contribution is -2.12. The molecule has 0 radical (unpaired) electrons. The highest BCUT2D eigenvalue weighted by Gasteiger charge is 2.15. The number of ether oxygens (including phenoxy) is 2. The van der Waals surface area contributed by atoms with Crippen LogP contribution in [-0.4, -0.2) is 33.8 Å². The third kappa shape index (κ3) is 3.07. The molecule has 0 unspecified atom stereocenters. The zero-order valence-electron chi connectivity index (χ0n) is 13.6. The van der Waals surface area contributed by atoms with Gasteiger partial charge in [-0.05, 0) is 30.3 Å². The molecule has 0 aliphatic rings. The highest BCUT2D eigenvalue weighted by molar-refractivity contribution is 6.29. The molecule has 0 aliphatic carbocycles. The van der Waals surface area contributed by atoms with Crippen molar-refractivity contribution in [3.63, 3.8) is 0 Å². The van der Waals surface area contributed by atoms with E-state index < -0.39 is 5.97 Å². The molecule has 3 aromatic heterocycles. The van der Waals surface area contributed by atoms with Crippen molar-refractivity contribution in [2.75, 3.05) is 13.2 Å². The van der Waals surface area contributed by atoms with Crippen LogP contribution < -0.4 is 4.74 Å². The first-order chi connectivity index (χ1) is 12.7. The second-order valence-electron chi connectivity index (χ2n) is 5.51. The van der Waals surface area contributed by atoms with Crippen molar-refractivity contribution in [2.24, 2.45) is 0 Å². The molecule has 0 atom stereocenters. The fourth-order valence-corrected chi connectivity index (χ4v) is 2.90. The van der Waals surface area contributed by atoms with E-state index in [2.05, 4.69) is 10.1 Å². The highest BCUT2D eigenvalue weighted by atomic mass is 35.5. The summed E-state index contributed by atoms with van der Waals surface area (Å²) in [6.45, 7) is 0.354. The first kappa shape index (κ1) is 16.4. The quantitative estimate of drug-likeness (QED) is 0.305. The second kappa shape index (κ2) is 7.01. The summed E-state index contributed by atoms with van der Waals surface area (Å²) in [6, 6.07) is 14.7. The molecule has 130 valence electrons. The maximum absolute atomic E-state index is 12.3. The normalized spacial score (nSPS) is 11.0. The predicted molar refractivity (Wildman–Crippen MR) is 97.7 cm³/mol. The Morgan fingerprint density at radius 1 is 1.08 bits per heavy atom. The minimum atomic E-state index is -0.467. The minimum Gasteiger partial charge on any atom is -0.489 e. The van der Waals surface area contributed by atoms with Crippen LogP contribution in [0.25, 0.3) is 16.4 Å². The number of hydrogen-bond acceptors (Lipinski definition) is 5. The van der Waals surface area contributed by atoms with Crippen molar-refractivity contribution in [3.8, 4) is 5.75 Å². The van der Waals surface area contributed by atoms with E-state index in [-0.39, 0.29) is 13.2 Å². The number of para-hydroxylation sites is 1. The van der Waals surface area contributed by atoms with Gasteiger partial charge >= 0.3 is 5.97 Å². The van der Waals surface area contributed by atoms with Gasteiger partial charge in [-0.1, -0.05) is 29.8 Å². The number of rotatable bonds is 5. The SMILES string of the molecule is O=C(OCCOc1ccnc2ccccc12)c1cnn2c(Cl)cccc12. The molecule has 26 heavy (non-hydrogen) atoms. The molecule has 4 rings (SSSR count). The van der Waals surface area contributed by atoms with E-state index in [1.54, 1.807) is 30.5 Å². The molecule has 1 aromatic carbocycles. The van der Waals surface area contributed by atoms with Crippen molar-refractivity contribution in [1.82, 2.24) is 14.6 Å². The van der Waals surface area contributed by atoms with Crippen molar-refractivity contribution < 1.29 is 14.3 Å². The molecule has 4 aromatic rings. The van der Waals surface area contributed by atoms with Crippen LogP contribution in [0, 0.1) is 0 Å². The predicted octanol–water partition coefficient (Wildman–Crippen LogP) is 3.77. The summed E-state index contributed by atoms with van der Waals surface area (Å²) in [5, 5.41) is 5.44. The summed E-state index contributed by atoms with van der Waals surface area (Å²) < 4.78 is 12.5. The van der Waals surface area contributed by atoms with Crippen molar-refractivity contribution >= 4 is 34.0 Å². The van der Waals surface area contributed by atoms with Crippen LogP contribution in [0.1, 0.15) is 10.4 Å². The van der Waals surface area contributed by atoms with Gasteiger partial charge in [0.2, 0.25) is 0 Å². The topological polar surface area (TPSA) is 65.7 Å².